The van der Waals surface area contributed by atoms with E-state index >= 15 is 0 Å². The number of benzene rings is 1. The highest BCUT2D eigenvalue weighted by Crippen LogP contribution is 2.26. The molecule has 2 heterocycles. The predicted octanol–water partition coefficient (Wildman–Crippen LogP) is 2.29. The van der Waals surface area contributed by atoms with E-state index in [1.54, 1.807) is 24.0 Å². The number of hydrogen-bond donors (Lipinski definition) is 2. The molecule has 3 rings (SSSR count). The van der Waals surface area contributed by atoms with Crippen molar-refractivity contribution in [3.8, 4) is 6.07 Å². The molecule has 10 heteroatoms. The van der Waals surface area contributed by atoms with Crippen LogP contribution in [0.15, 0.2) is 22.7 Å². The molecule has 0 aliphatic carbocycles. The molecule has 2 amide bonds. The van der Waals surface area contributed by atoms with E-state index in [0.29, 0.717) is 45.0 Å². The molecule has 0 bridgehead atoms. The van der Waals surface area contributed by atoms with Crippen LogP contribution in [0.1, 0.15) is 18.2 Å². The quantitative estimate of drug-likeness (QED) is 0.813. The predicted molar refractivity (Wildman–Crippen MR) is 97.8 cm³/mol. The Balaban J connectivity index is 1.56. The zero-order chi connectivity index (χ0) is 20.1. The van der Waals surface area contributed by atoms with Gasteiger partial charge in [-0.2, -0.15) is 5.26 Å². The second-order valence-corrected chi connectivity index (χ2v) is 6.33. The van der Waals surface area contributed by atoms with E-state index in [2.05, 4.69) is 20.7 Å². The second-order valence-electron chi connectivity index (χ2n) is 6.33. The van der Waals surface area contributed by atoms with Gasteiger partial charge in [0.1, 0.15) is 5.69 Å². The molecule has 1 aromatic carbocycles. The van der Waals surface area contributed by atoms with Crippen molar-refractivity contribution in [3.63, 3.8) is 0 Å². The zero-order valence-corrected chi connectivity index (χ0v) is 15.3. The van der Waals surface area contributed by atoms with Crippen LogP contribution in [-0.2, 0) is 6.54 Å². The third-order valence-electron chi connectivity index (χ3n) is 4.35. The molecule has 1 saturated heterocycles. The van der Waals surface area contributed by atoms with Crippen LogP contribution in [0, 0.1) is 23.0 Å². The fraction of sp³-hybridized carbons (Fsp3) is 0.389. The number of piperazine rings is 1. The second kappa shape index (κ2) is 8.67. The smallest absolute Gasteiger partial charge is 0.321 e. The van der Waals surface area contributed by atoms with Gasteiger partial charge >= 0.3 is 6.03 Å². The average molecular weight is 390 g/mol. The molecule has 2 aromatic rings. The number of aromatic nitrogens is 1. The highest BCUT2D eigenvalue weighted by molar-refractivity contribution is 5.87. The minimum atomic E-state index is -0.734. The molecular formula is C18H20F2N6O2. The van der Waals surface area contributed by atoms with E-state index in [0.717, 1.165) is 12.1 Å². The number of urea groups is 1. The molecule has 1 aliphatic rings. The number of hydrogen-bond acceptors (Lipinski definition) is 6. The Bertz CT molecular complexity index is 863. The lowest BCUT2D eigenvalue weighted by Gasteiger charge is -2.35. The van der Waals surface area contributed by atoms with Crippen LogP contribution in [0.3, 0.4) is 0 Å². The summed E-state index contributed by atoms with van der Waals surface area (Å²) >= 11 is 0. The van der Waals surface area contributed by atoms with Gasteiger partial charge in [0, 0.05) is 45.3 Å². The van der Waals surface area contributed by atoms with Gasteiger partial charge in [0.2, 0.25) is 5.88 Å². The Morgan fingerprint density at radius 2 is 1.93 bits per heavy atom. The molecule has 0 radical (unpaired) electrons. The molecule has 0 unspecified atom stereocenters. The summed E-state index contributed by atoms with van der Waals surface area (Å²) in [5, 5.41) is 17.8. The van der Waals surface area contributed by atoms with E-state index in [-0.39, 0.29) is 23.2 Å². The van der Waals surface area contributed by atoms with Crippen LogP contribution >= 0.6 is 0 Å². The molecule has 8 nitrogen and oxygen atoms in total. The van der Waals surface area contributed by atoms with Gasteiger partial charge in [-0.05, 0) is 19.1 Å². The fourth-order valence-electron chi connectivity index (χ4n) is 3.05. The summed E-state index contributed by atoms with van der Waals surface area (Å²) in [5.41, 5.74) is 0.505. The van der Waals surface area contributed by atoms with Crippen molar-refractivity contribution in [3.05, 3.63) is 41.1 Å². The monoisotopic (exact) mass is 390 g/mol. The number of carbonyl (C=O) groups excluding carboxylic acids is 1. The first-order valence-electron chi connectivity index (χ1n) is 8.87. The van der Waals surface area contributed by atoms with Crippen molar-refractivity contribution in [1.82, 2.24) is 15.4 Å². The maximum Gasteiger partial charge on any atom is 0.321 e. The molecule has 28 heavy (non-hydrogen) atoms. The molecule has 0 atom stereocenters. The summed E-state index contributed by atoms with van der Waals surface area (Å²) in [6.07, 6.45) is 0. The fourth-order valence-corrected chi connectivity index (χ4v) is 3.05. The Morgan fingerprint density at radius 3 is 2.54 bits per heavy atom. The van der Waals surface area contributed by atoms with Gasteiger partial charge in [0.25, 0.3) is 0 Å². The number of halogens is 2. The van der Waals surface area contributed by atoms with Crippen LogP contribution in [0.4, 0.5) is 25.1 Å². The van der Waals surface area contributed by atoms with Gasteiger partial charge in [-0.3, -0.25) is 10.2 Å². The number of nitrogens with zero attached hydrogens (tertiary/aromatic N) is 4. The largest absolute Gasteiger partial charge is 0.364 e. The minimum Gasteiger partial charge on any atom is -0.364 e. The number of carbonyl (C=O) groups is 1. The lowest BCUT2D eigenvalue weighted by atomic mass is 10.1. The Morgan fingerprint density at radius 1 is 1.25 bits per heavy atom. The van der Waals surface area contributed by atoms with Gasteiger partial charge in [-0.15, -0.1) is 0 Å². The summed E-state index contributed by atoms with van der Waals surface area (Å²) in [6, 6.07) is 5.10. The lowest BCUT2D eigenvalue weighted by Crippen LogP contribution is -2.46. The lowest BCUT2D eigenvalue weighted by molar-refractivity contribution is 0.241. The first-order chi connectivity index (χ1) is 13.5. The summed E-state index contributed by atoms with van der Waals surface area (Å²) in [5.74, 6) is -1.22. The molecular weight excluding hydrogens is 370 g/mol. The van der Waals surface area contributed by atoms with Crippen molar-refractivity contribution >= 4 is 17.6 Å². The molecule has 1 aromatic heterocycles. The summed E-state index contributed by atoms with van der Waals surface area (Å²) in [7, 11) is 0. The maximum atomic E-state index is 14.2. The van der Waals surface area contributed by atoms with Crippen molar-refractivity contribution in [2.24, 2.45) is 0 Å². The SMILES string of the molecule is CCNC(=O)Nc1cc(CN2CCN(c3c(F)cc(C#N)cc3F)CC2)no1. The van der Waals surface area contributed by atoms with Crippen LogP contribution < -0.4 is 15.5 Å². The van der Waals surface area contributed by atoms with Gasteiger partial charge in [0.05, 0.1) is 17.3 Å². The molecule has 2 N–H and O–H groups in total. The first kappa shape index (κ1) is 19.6. The Hall–Kier alpha value is -3.19. The molecule has 1 fully saturated rings. The topological polar surface area (TPSA) is 97.4 Å². The number of rotatable bonds is 5. The maximum absolute atomic E-state index is 14.2. The summed E-state index contributed by atoms with van der Waals surface area (Å²) < 4.78 is 33.4. The van der Waals surface area contributed by atoms with Crippen molar-refractivity contribution in [2.45, 2.75) is 13.5 Å². The number of anilines is 2. The average Bonchev–Trinajstić information content (AvgIpc) is 3.09. The zero-order valence-electron chi connectivity index (χ0n) is 15.3. The Labute approximate surface area is 160 Å². The highest BCUT2D eigenvalue weighted by atomic mass is 19.1. The standard InChI is InChI=1S/C18H20F2N6O2/c1-2-22-18(27)23-16-9-13(24-28-16)11-25-3-5-26(6-4-25)17-14(19)7-12(10-21)8-15(17)20/h7-9H,2-6,11H2,1H3,(H2,22,23,27). The van der Waals surface area contributed by atoms with E-state index < -0.39 is 11.6 Å². The van der Waals surface area contributed by atoms with Gasteiger partial charge < -0.3 is 14.7 Å². The van der Waals surface area contributed by atoms with E-state index in [1.807, 2.05) is 0 Å². The van der Waals surface area contributed by atoms with Crippen molar-refractivity contribution < 1.29 is 18.1 Å². The summed E-state index contributed by atoms with van der Waals surface area (Å²) in [6.45, 7) is 4.81. The third kappa shape index (κ3) is 4.55. The minimum absolute atomic E-state index is 0.0412. The van der Waals surface area contributed by atoms with Crippen LogP contribution in [-0.4, -0.2) is 48.8 Å². The Kier molecular flexibility index (Phi) is 6.06. The van der Waals surface area contributed by atoms with E-state index in [4.69, 9.17) is 9.78 Å². The van der Waals surface area contributed by atoms with Crippen LogP contribution in [0.5, 0.6) is 0 Å². The van der Waals surface area contributed by atoms with Crippen LogP contribution in [0.25, 0.3) is 0 Å². The number of nitrogens with one attached hydrogen (secondary N) is 2. The van der Waals surface area contributed by atoms with Crippen molar-refractivity contribution in [2.75, 3.05) is 42.9 Å². The summed E-state index contributed by atoms with van der Waals surface area (Å²) in [4.78, 5) is 15.2. The highest BCUT2D eigenvalue weighted by Gasteiger charge is 2.24. The third-order valence-corrected chi connectivity index (χ3v) is 4.35. The normalized spacial score (nSPS) is 14.6. The number of amides is 2. The van der Waals surface area contributed by atoms with Crippen LogP contribution in [0.2, 0.25) is 0 Å². The van der Waals surface area contributed by atoms with Gasteiger partial charge in [0.15, 0.2) is 11.6 Å². The molecule has 148 valence electrons. The molecule has 0 saturated carbocycles. The molecule has 1 aliphatic heterocycles. The van der Waals surface area contributed by atoms with Gasteiger partial charge in [-0.25, -0.2) is 13.6 Å². The van der Waals surface area contributed by atoms with E-state index in [1.165, 1.54) is 0 Å². The first-order valence-corrected chi connectivity index (χ1v) is 8.87. The van der Waals surface area contributed by atoms with Gasteiger partial charge in [-0.1, -0.05) is 5.16 Å². The molecule has 0 spiro atoms. The number of nitriles is 1. The van der Waals surface area contributed by atoms with E-state index in [9.17, 15) is 13.6 Å². The van der Waals surface area contributed by atoms with Crippen molar-refractivity contribution in [1.29, 1.82) is 5.26 Å².